The minimum atomic E-state index is -0.351. The van der Waals surface area contributed by atoms with Gasteiger partial charge in [0.1, 0.15) is 0 Å². The van der Waals surface area contributed by atoms with Crippen LogP contribution in [0.15, 0.2) is 30.3 Å². The van der Waals surface area contributed by atoms with E-state index < -0.39 is 0 Å². The van der Waals surface area contributed by atoms with E-state index in [1.807, 2.05) is 44.2 Å². The highest BCUT2D eigenvalue weighted by Gasteiger charge is 2.04. The predicted octanol–water partition coefficient (Wildman–Crippen LogP) is 3.21. The first kappa shape index (κ1) is 16.2. The number of ether oxygens (including phenoxy) is 1. The van der Waals surface area contributed by atoms with Crippen molar-refractivity contribution in [1.82, 2.24) is 0 Å². The first-order chi connectivity index (χ1) is 9.43. The van der Waals surface area contributed by atoms with Crippen molar-refractivity contribution in [3.05, 3.63) is 35.2 Å². The highest BCUT2D eigenvalue weighted by molar-refractivity contribution is 7.20. The molecule has 0 saturated heterocycles. The highest BCUT2D eigenvalue weighted by atomic mass is 32.1. The molecule has 0 saturated carbocycles. The van der Waals surface area contributed by atoms with Gasteiger partial charge < -0.3 is 10.5 Å². The number of benzene rings is 1. The van der Waals surface area contributed by atoms with Crippen molar-refractivity contribution in [2.75, 3.05) is 7.11 Å². The summed E-state index contributed by atoms with van der Waals surface area (Å²) in [5, 5.41) is 1.08. The van der Waals surface area contributed by atoms with E-state index in [9.17, 15) is 9.59 Å². The normalized spacial score (nSPS) is 10.0. The van der Waals surface area contributed by atoms with E-state index in [0.29, 0.717) is 17.2 Å². The minimum absolute atomic E-state index is 0.125. The summed E-state index contributed by atoms with van der Waals surface area (Å²) in [6.45, 7) is 3.97. The Morgan fingerprint density at radius 2 is 1.95 bits per heavy atom. The van der Waals surface area contributed by atoms with Crippen LogP contribution >= 0.6 is 11.3 Å². The summed E-state index contributed by atoms with van der Waals surface area (Å²) in [5.41, 5.74) is 5.15. The van der Waals surface area contributed by atoms with E-state index in [0.717, 1.165) is 10.1 Å². The van der Waals surface area contributed by atoms with Gasteiger partial charge in [0.15, 0.2) is 0 Å². The van der Waals surface area contributed by atoms with E-state index in [2.05, 4.69) is 4.74 Å². The smallest absolute Gasteiger partial charge is 0.305 e. The topological polar surface area (TPSA) is 69.4 Å². The molecule has 0 unspecified atom stereocenters. The Morgan fingerprint density at radius 1 is 1.30 bits per heavy atom. The summed E-state index contributed by atoms with van der Waals surface area (Å²) in [4.78, 5) is 21.8. The van der Waals surface area contributed by atoms with E-state index in [-0.39, 0.29) is 11.9 Å². The monoisotopic (exact) mass is 293 g/mol. The van der Waals surface area contributed by atoms with Gasteiger partial charge in [0.05, 0.1) is 12.0 Å². The molecule has 5 heteroatoms. The lowest BCUT2D eigenvalue weighted by Crippen LogP contribution is -2.07. The summed E-state index contributed by atoms with van der Waals surface area (Å²) in [6.07, 6.45) is 0.524. The van der Waals surface area contributed by atoms with Crippen molar-refractivity contribution in [1.29, 1.82) is 0 Å². The van der Waals surface area contributed by atoms with Gasteiger partial charge in [-0.15, -0.1) is 11.3 Å². The Morgan fingerprint density at radius 3 is 2.40 bits per heavy atom. The van der Waals surface area contributed by atoms with Crippen molar-refractivity contribution in [2.24, 2.45) is 11.7 Å². The largest absolute Gasteiger partial charge is 0.469 e. The molecule has 0 aliphatic heterocycles. The number of carbonyl (C=O) groups is 2. The third kappa shape index (κ3) is 5.01. The van der Waals surface area contributed by atoms with Gasteiger partial charge in [-0.2, -0.15) is 0 Å². The third-order valence-electron chi connectivity index (χ3n) is 2.47. The fourth-order valence-electron chi connectivity index (χ4n) is 1.52. The molecular formula is C15H19NO3S. The lowest BCUT2D eigenvalue weighted by atomic mass is 10.1. The van der Waals surface area contributed by atoms with Crippen LogP contribution < -0.4 is 5.73 Å². The maximum atomic E-state index is 10.8. The highest BCUT2D eigenvalue weighted by Crippen LogP contribution is 2.24. The number of hydrogen-bond donors (Lipinski definition) is 1. The van der Waals surface area contributed by atoms with E-state index in [1.54, 1.807) is 0 Å². The Balaban J connectivity index is 0.000000221. The van der Waals surface area contributed by atoms with Crippen molar-refractivity contribution in [2.45, 2.75) is 20.3 Å². The summed E-state index contributed by atoms with van der Waals surface area (Å²) in [5.74, 6) is -0.0707. The number of hydrogen-bond acceptors (Lipinski definition) is 4. The Labute approximate surface area is 122 Å². The quantitative estimate of drug-likeness (QED) is 0.883. The molecule has 0 fully saturated rings. The summed E-state index contributed by atoms with van der Waals surface area (Å²) < 4.78 is 5.53. The van der Waals surface area contributed by atoms with Gasteiger partial charge in [0.25, 0.3) is 5.91 Å². The number of carbonyl (C=O) groups excluding carboxylic acids is 2. The molecule has 2 rings (SSSR count). The van der Waals surface area contributed by atoms with Crippen LogP contribution in [-0.2, 0) is 9.53 Å². The summed E-state index contributed by atoms with van der Waals surface area (Å²) in [6, 6.07) is 9.66. The Bertz CT molecular complexity index is 557. The number of thiophene rings is 1. The zero-order valence-electron chi connectivity index (χ0n) is 11.9. The second-order valence-electron chi connectivity index (χ2n) is 4.69. The van der Waals surface area contributed by atoms with Gasteiger partial charge in [0, 0.05) is 11.1 Å². The third-order valence-corrected chi connectivity index (χ3v) is 3.60. The first-order valence-electron chi connectivity index (χ1n) is 6.29. The van der Waals surface area contributed by atoms with E-state index in [1.165, 1.54) is 18.4 Å². The van der Waals surface area contributed by atoms with Gasteiger partial charge >= 0.3 is 5.97 Å². The fourth-order valence-corrected chi connectivity index (χ4v) is 2.43. The van der Waals surface area contributed by atoms with E-state index >= 15 is 0 Å². The van der Waals surface area contributed by atoms with Crippen LogP contribution in [0.2, 0.25) is 0 Å². The van der Waals surface area contributed by atoms with Gasteiger partial charge in [-0.25, -0.2) is 0 Å². The van der Waals surface area contributed by atoms with Crippen molar-refractivity contribution >= 4 is 33.3 Å². The number of fused-ring (bicyclic) bond motifs is 1. The number of primary amides is 1. The molecule has 1 amide bonds. The van der Waals surface area contributed by atoms with Gasteiger partial charge in [-0.1, -0.05) is 32.0 Å². The number of amides is 1. The van der Waals surface area contributed by atoms with Crippen LogP contribution in [-0.4, -0.2) is 19.0 Å². The van der Waals surface area contributed by atoms with Crippen molar-refractivity contribution < 1.29 is 14.3 Å². The average Bonchev–Trinajstić information content (AvgIpc) is 2.82. The molecule has 108 valence electrons. The second kappa shape index (κ2) is 7.65. The molecule has 0 bridgehead atoms. The fraction of sp³-hybridized carbons (Fsp3) is 0.333. The lowest BCUT2D eigenvalue weighted by molar-refractivity contribution is -0.141. The SMILES string of the molecule is COC(=O)CC(C)C.NC(=O)c1cc2ccccc2s1. The Kier molecular flexibility index (Phi) is 6.18. The number of esters is 1. The molecule has 0 spiro atoms. The van der Waals surface area contributed by atoms with E-state index in [4.69, 9.17) is 5.73 Å². The maximum Gasteiger partial charge on any atom is 0.305 e. The second-order valence-corrected chi connectivity index (χ2v) is 5.77. The molecule has 2 aromatic rings. The molecule has 0 aliphatic carbocycles. The van der Waals surface area contributed by atoms with Gasteiger partial charge in [-0.05, 0) is 23.4 Å². The van der Waals surface area contributed by atoms with Gasteiger partial charge in [-0.3, -0.25) is 9.59 Å². The molecule has 4 nitrogen and oxygen atoms in total. The molecule has 2 N–H and O–H groups in total. The van der Waals surface area contributed by atoms with Crippen LogP contribution in [0.1, 0.15) is 29.9 Å². The van der Waals surface area contributed by atoms with Crippen LogP contribution in [0.4, 0.5) is 0 Å². The van der Waals surface area contributed by atoms with Crippen molar-refractivity contribution in [3.63, 3.8) is 0 Å². The maximum absolute atomic E-state index is 10.8. The summed E-state index contributed by atoms with van der Waals surface area (Å²) in [7, 11) is 1.41. The number of nitrogens with two attached hydrogens (primary N) is 1. The molecule has 1 heterocycles. The zero-order chi connectivity index (χ0) is 15.1. The molecule has 0 atom stereocenters. The average molecular weight is 293 g/mol. The molecule has 1 aromatic heterocycles. The standard InChI is InChI=1S/C9H7NOS.C6H12O2/c10-9(11)8-5-6-3-1-2-4-7(6)12-8;1-5(2)4-6(7)8-3/h1-5H,(H2,10,11);5H,4H2,1-3H3. The Hall–Kier alpha value is -1.88. The number of methoxy groups -OCH3 is 1. The first-order valence-corrected chi connectivity index (χ1v) is 7.11. The molecular weight excluding hydrogens is 274 g/mol. The van der Waals surface area contributed by atoms with Crippen LogP contribution in [0.25, 0.3) is 10.1 Å². The number of rotatable bonds is 3. The molecule has 20 heavy (non-hydrogen) atoms. The predicted molar refractivity (Wildman–Crippen MR) is 81.8 cm³/mol. The van der Waals surface area contributed by atoms with Crippen molar-refractivity contribution in [3.8, 4) is 0 Å². The summed E-state index contributed by atoms with van der Waals surface area (Å²) >= 11 is 1.43. The zero-order valence-corrected chi connectivity index (χ0v) is 12.7. The molecule has 0 radical (unpaired) electrons. The lowest BCUT2D eigenvalue weighted by Gasteiger charge is -1.99. The van der Waals surface area contributed by atoms with Crippen LogP contribution in [0.5, 0.6) is 0 Å². The molecule has 0 aliphatic rings. The van der Waals surface area contributed by atoms with Crippen LogP contribution in [0, 0.1) is 5.92 Å². The van der Waals surface area contributed by atoms with Crippen LogP contribution in [0.3, 0.4) is 0 Å². The molecule has 1 aromatic carbocycles. The minimum Gasteiger partial charge on any atom is -0.469 e. The van der Waals surface area contributed by atoms with Gasteiger partial charge in [0.2, 0.25) is 0 Å².